The van der Waals surface area contributed by atoms with Crippen LogP contribution in [0.5, 0.6) is 0 Å². The lowest BCUT2D eigenvalue weighted by atomic mass is 10.2. The summed E-state index contributed by atoms with van der Waals surface area (Å²) in [6.07, 6.45) is 0. The Bertz CT molecular complexity index is 370. The van der Waals surface area contributed by atoms with E-state index < -0.39 is 0 Å². The van der Waals surface area contributed by atoms with Crippen molar-refractivity contribution in [2.24, 2.45) is 0 Å². The molecule has 1 atom stereocenters. The summed E-state index contributed by atoms with van der Waals surface area (Å²) >= 11 is 8.84. The maximum atomic E-state index is 11.8. The van der Waals surface area contributed by atoms with E-state index in [-0.39, 0.29) is 11.9 Å². The van der Waals surface area contributed by atoms with Gasteiger partial charge in [-0.05, 0) is 47.7 Å². The highest BCUT2D eigenvalue weighted by atomic mass is 127. The van der Waals surface area contributed by atoms with Crippen molar-refractivity contribution in [1.29, 1.82) is 0 Å². The fourth-order valence-electron chi connectivity index (χ4n) is 1.01. The Hall–Kier alpha value is 0.380. The molecule has 0 spiro atoms. The molecule has 0 saturated carbocycles. The van der Waals surface area contributed by atoms with E-state index in [1.807, 2.05) is 25.1 Å². The predicted octanol–water partition coefficient (Wildman–Crippen LogP) is 3.57. The summed E-state index contributed by atoms with van der Waals surface area (Å²) in [6.45, 7) is 1.96. The van der Waals surface area contributed by atoms with Gasteiger partial charge in [-0.2, -0.15) is 0 Å². The lowest BCUT2D eigenvalue weighted by Gasteiger charge is -2.11. The molecule has 0 saturated heterocycles. The molecule has 1 unspecified atom stereocenters. The van der Waals surface area contributed by atoms with Crippen molar-refractivity contribution in [3.8, 4) is 0 Å². The van der Waals surface area contributed by atoms with Gasteiger partial charge in [0.1, 0.15) is 0 Å². The molecule has 82 valence electrons. The number of amides is 1. The van der Waals surface area contributed by atoms with Gasteiger partial charge >= 0.3 is 0 Å². The van der Waals surface area contributed by atoms with Gasteiger partial charge in [0.15, 0.2) is 0 Å². The minimum Gasteiger partial charge on any atom is -0.349 e. The quantitative estimate of drug-likeness (QED) is 0.558. The van der Waals surface area contributed by atoms with Gasteiger partial charge in [0.2, 0.25) is 0 Å². The molecule has 1 aromatic carbocycles. The van der Waals surface area contributed by atoms with Gasteiger partial charge in [0, 0.05) is 19.4 Å². The third kappa shape index (κ3) is 4.03. The Morgan fingerprint density at radius 3 is 2.87 bits per heavy atom. The number of hydrogen-bond acceptors (Lipinski definition) is 1. The number of halogens is 3. The zero-order valence-corrected chi connectivity index (χ0v) is 13.4. The number of rotatable bonds is 3. The van der Waals surface area contributed by atoms with Crippen LogP contribution in [-0.4, -0.2) is 17.3 Å². The Morgan fingerprint density at radius 1 is 1.60 bits per heavy atom. The molecule has 0 heterocycles. The number of benzene rings is 1. The SMILES string of the molecule is CC(CBr)NC(=O)c1cc(Br)ccc1I. The van der Waals surface area contributed by atoms with Crippen LogP contribution in [0.1, 0.15) is 17.3 Å². The number of alkyl halides is 1. The highest BCUT2D eigenvalue weighted by molar-refractivity contribution is 14.1. The first-order chi connectivity index (χ1) is 7.04. The van der Waals surface area contributed by atoms with E-state index in [1.54, 1.807) is 0 Å². The highest BCUT2D eigenvalue weighted by Gasteiger charge is 2.12. The molecule has 0 fully saturated rings. The van der Waals surface area contributed by atoms with E-state index in [9.17, 15) is 4.79 Å². The number of nitrogens with one attached hydrogen (secondary N) is 1. The minimum absolute atomic E-state index is 0.0346. The van der Waals surface area contributed by atoms with Crippen molar-refractivity contribution in [3.63, 3.8) is 0 Å². The Morgan fingerprint density at radius 2 is 2.27 bits per heavy atom. The molecule has 1 aromatic rings. The average Bonchev–Trinajstić information content (AvgIpc) is 2.21. The Balaban J connectivity index is 2.86. The van der Waals surface area contributed by atoms with Crippen LogP contribution in [0.25, 0.3) is 0 Å². The first kappa shape index (κ1) is 13.4. The second-order valence-corrected chi connectivity index (χ2v) is 5.88. The van der Waals surface area contributed by atoms with Crippen molar-refractivity contribution >= 4 is 60.4 Å². The topological polar surface area (TPSA) is 29.1 Å². The first-order valence-electron chi connectivity index (χ1n) is 4.36. The fourth-order valence-corrected chi connectivity index (χ4v) is 2.12. The van der Waals surface area contributed by atoms with E-state index in [2.05, 4.69) is 59.8 Å². The van der Waals surface area contributed by atoms with Gasteiger partial charge in [0.25, 0.3) is 5.91 Å². The van der Waals surface area contributed by atoms with E-state index in [0.717, 1.165) is 13.4 Å². The van der Waals surface area contributed by atoms with E-state index >= 15 is 0 Å². The fraction of sp³-hybridized carbons (Fsp3) is 0.300. The highest BCUT2D eigenvalue weighted by Crippen LogP contribution is 2.18. The molecule has 0 radical (unpaired) electrons. The van der Waals surface area contributed by atoms with Crippen LogP contribution in [0.2, 0.25) is 0 Å². The zero-order chi connectivity index (χ0) is 11.4. The second kappa shape index (κ2) is 6.20. The van der Waals surface area contributed by atoms with Crippen LogP contribution >= 0.6 is 54.5 Å². The molecule has 2 nitrogen and oxygen atoms in total. The summed E-state index contributed by atoms with van der Waals surface area (Å²) < 4.78 is 1.87. The van der Waals surface area contributed by atoms with Gasteiger partial charge < -0.3 is 5.32 Å². The monoisotopic (exact) mass is 445 g/mol. The predicted molar refractivity (Wildman–Crippen MR) is 77.6 cm³/mol. The summed E-state index contributed by atoms with van der Waals surface area (Å²) in [4.78, 5) is 11.8. The zero-order valence-electron chi connectivity index (χ0n) is 8.06. The molecule has 5 heteroatoms. The standard InChI is InChI=1S/C10H10Br2INO/c1-6(5-11)14-10(15)8-4-7(12)2-3-9(8)13/h2-4,6H,5H2,1H3,(H,14,15). The molecule has 0 aliphatic carbocycles. The summed E-state index contributed by atoms with van der Waals surface area (Å²) in [5.41, 5.74) is 0.706. The lowest BCUT2D eigenvalue weighted by Crippen LogP contribution is -2.34. The van der Waals surface area contributed by atoms with E-state index in [0.29, 0.717) is 5.56 Å². The number of carbonyl (C=O) groups is 1. The minimum atomic E-state index is -0.0346. The summed E-state index contributed by atoms with van der Waals surface area (Å²) in [6, 6.07) is 5.80. The molecule has 0 aliphatic rings. The van der Waals surface area contributed by atoms with Crippen LogP contribution in [0, 0.1) is 3.57 Å². The maximum absolute atomic E-state index is 11.8. The average molecular weight is 447 g/mol. The molecule has 1 amide bonds. The maximum Gasteiger partial charge on any atom is 0.252 e. The summed E-state index contributed by atoms with van der Waals surface area (Å²) in [5.74, 6) is -0.0346. The number of carbonyl (C=O) groups excluding carboxylic acids is 1. The largest absolute Gasteiger partial charge is 0.349 e. The molecule has 0 bridgehead atoms. The summed E-state index contributed by atoms with van der Waals surface area (Å²) in [7, 11) is 0. The Kier molecular flexibility index (Phi) is 5.56. The van der Waals surface area contributed by atoms with Gasteiger partial charge in [0.05, 0.1) is 5.56 Å². The Labute approximate surface area is 120 Å². The third-order valence-corrected chi connectivity index (χ3v) is 4.19. The van der Waals surface area contributed by atoms with Crippen molar-refractivity contribution in [2.45, 2.75) is 13.0 Å². The molecular weight excluding hydrogens is 437 g/mol. The van der Waals surface area contributed by atoms with Crippen LogP contribution in [0.4, 0.5) is 0 Å². The van der Waals surface area contributed by atoms with Gasteiger partial charge in [-0.25, -0.2) is 0 Å². The third-order valence-electron chi connectivity index (χ3n) is 1.78. The van der Waals surface area contributed by atoms with Crippen LogP contribution < -0.4 is 5.32 Å². The van der Waals surface area contributed by atoms with Gasteiger partial charge in [-0.3, -0.25) is 4.79 Å². The molecule has 0 aliphatic heterocycles. The van der Waals surface area contributed by atoms with Crippen molar-refractivity contribution < 1.29 is 4.79 Å². The first-order valence-corrected chi connectivity index (χ1v) is 7.35. The van der Waals surface area contributed by atoms with Crippen LogP contribution in [0.3, 0.4) is 0 Å². The van der Waals surface area contributed by atoms with E-state index in [4.69, 9.17) is 0 Å². The molecule has 1 rings (SSSR count). The van der Waals surface area contributed by atoms with Crippen molar-refractivity contribution in [1.82, 2.24) is 5.32 Å². The van der Waals surface area contributed by atoms with Gasteiger partial charge in [-0.15, -0.1) is 0 Å². The molecule has 1 N–H and O–H groups in total. The second-order valence-electron chi connectivity index (χ2n) is 3.15. The normalized spacial score (nSPS) is 12.3. The van der Waals surface area contributed by atoms with Crippen molar-refractivity contribution in [3.05, 3.63) is 31.8 Å². The molecule has 0 aromatic heterocycles. The van der Waals surface area contributed by atoms with E-state index in [1.165, 1.54) is 0 Å². The van der Waals surface area contributed by atoms with Crippen LogP contribution in [-0.2, 0) is 0 Å². The van der Waals surface area contributed by atoms with Crippen LogP contribution in [0.15, 0.2) is 22.7 Å². The smallest absolute Gasteiger partial charge is 0.252 e. The summed E-state index contributed by atoms with van der Waals surface area (Å²) in [5, 5.41) is 3.66. The van der Waals surface area contributed by atoms with Gasteiger partial charge in [-0.1, -0.05) is 31.9 Å². The molecular formula is C10H10Br2INO. The van der Waals surface area contributed by atoms with Crippen molar-refractivity contribution in [2.75, 3.05) is 5.33 Å². The molecule has 15 heavy (non-hydrogen) atoms. The lowest BCUT2D eigenvalue weighted by molar-refractivity contribution is 0.0943. The number of hydrogen-bond donors (Lipinski definition) is 1.